The molecule has 0 bridgehead atoms. The zero-order valence-corrected chi connectivity index (χ0v) is 9.02. The average Bonchev–Trinajstić information content (AvgIpc) is 2.12. The van der Waals surface area contributed by atoms with Crippen molar-refractivity contribution in [1.29, 1.82) is 0 Å². The molecule has 0 rings (SSSR count). The fraction of sp³-hybridized carbons (Fsp3) is 0.778. The van der Waals surface area contributed by atoms with E-state index < -0.39 is 0 Å². The molecule has 0 heterocycles. The van der Waals surface area contributed by atoms with Gasteiger partial charge in [-0.3, -0.25) is 4.79 Å². The van der Waals surface area contributed by atoms with E-state index in [4.69, 9.17) is 0 Å². The molecule has 0 fully saturated rings. The molecule has 82 valence electrons. The van der Waals surface area contributed by atoms with E-state index in [2.05, 4.69) is 16.0 Å². The lowest BCUT2D eigenvalue weighted by Gasteiger charge is -2.08. The monoisotopic (exact) mass is 201 g/mol. The summed E-state index contributed by atoms with van der Waals surface area (Å²) in [5.41, 5.74) is 0. The Hall–Kier alpha value is -1.26. The second-order valence-corrected chi connectivity index (χ2v) is 3.41. The van der Waals surface area contributed by atoms with Crippen LogP contribution < -0.4 is 16.0 Å². The SMILES string of the molecule is CCNC(=O)NCC(=O)NCC(C)C. The Morgan fingerprint density at radius 2 is 1.79 bits per heavy atom. The van der Waals surface area contributed by atoms with E-state index in [9.17, 15) is 9.59 Å². The summed E-state index contributed by atoms with van der Waals surface area (Å²) in [5, 5.41) is 7.68. The normalized spacial score (nSPS) is 9.71. The number of amides is 3. The van der Waals surface area contributed by atoms with Crippen molar-refractivity contribution in [2.75, 3.05) is 19.6 Å². The van der Waals surface area contributed by atoms with Gasteiger partial charge in [-0.05, 0) is 12.8 Å². The molecule has 0 spiro atoms. The molecule has 0 saturated carbocycles. The van der Waals surface area contributed by atoms with Gasteiger partial charge < -0.3 is 16.0 Å². The third kappa shape index (κ3) is 7.39. The van der Waals surface area contributed by atoms with Crippen LogP contribution in [-0.4, -0.2) is 31.6 Å². The summed E-state index contributed by atoms with van der Waals surface area (Å²) in [6.07, 6.45) is 0. The molecule has 0 aliphatic heterocycles. The number of hydrogen-bond donors (Lipinski definition) is 3. The first kappa shape index (κ1) is 12.7. The van der Waals surface area contributed by atoms with Crippen LogP contribution in [0, 0.1) is 5.92 Å². The third-order valence-electron chi connectivity index (χ3n) is 1.45. The number of rotatable bonds is 5. The van der Waals surface area contributed by atoms with Crippen molar-refractivity contribution in [3.63, 3.8) is 0 Å². The molecule has 0 unspecified atom stereocenters. The van der Waals surface area contributed by atoms with E-state index in [0.29, 0.717) is 19.0 Å². The summed E-state index contributed by atoms with van der Waals surface area (Å²) in [7, 11) is 0. The van der Waals surface area contributed by atoms with E-state index in [1.54, 1.807) is 0 Å². The molecule has 0 aromatic heterocycles. The van der Waals surface area contributed by atoms with Crippen LogP contribution in [0.25, 0.3) is 0 Å². The van der Waals surface area contributed by atoms with E-state index >= 15 is 0 Å². The summed E-state index contributed by atoms with van der Waals surface area (Å²) in [6.45, 7) is 7.06. The highest BCUT2D eigenvalue weighted by Crippen LogP contribution is 1.85. The number of nitrogens with one attached hydrogen (secondary N) is 3. The predicted octanol–water partition coefficient (Wildman–Crippen LogP) is 0.0777. The zero-order chi connectivity index (χ0) is 11.0. The van der Waals surface area contributed by atoms with Gasteiger partial charge in [-0.15, -0.1) is 0 Å². The quantitative estimate of drug-likeness (QED) is 0.589. The van der Waals surface area contributed by atoms with Crippen LogP contribution >= 0.6 is 0 Å². The molecular weight excluding hydrogens is 182 g/mol. The highest BCUT2D eigenvalue weighted by Gasteiger charge is 2.03. The van der Waals surface area contributed by atoms with E-state index in [1.807, 2.05) is 20.8 Å². The van der Waals surface area contributed by atoms with Crippen LogP contribution in [0.3, 0.4) is 0 Å². The van der Waals surface area contributed by atoms with Crippen molar-refractivity contribution in [3.05, 3.63) is 0 Å². The summed E-state index contributed by atoms with van der Waals surface area (Å²) in [5.74, 6) is 0.258. The molecule has 0 aliphatic rings. The summed E-state index contributed by atoms with van der Waals surface area (Å²) >= 11 is 0. The van der Waals surface area contributed by atoms with E-state index in [1.165, 1.54) is 0 Å². The molecule has 0 aliphatic carbocycles. The largest absolute Gasteiger partial charge is 0.354 e. The Bertz CT molecular complexity index is 192. The Kier molecular flexibility index (Phi) is 6.53. The van der Waals surface area contributed by atoms with Gasteiger partial charge in [-0.1, -0.05) is 13.8 Å². The molecule has 0 atom stereocenters. The third-order valence-corrected chi connectivity index (χ3v) is 1.45. The maximum absolute atomic E-state index is 11.1. The number of urea groups is 1. The fourth-order valence-corrected chi connectivity index (χ4v) is 0.764. The molecule has 3 N–H and O–H groups in total. The maximum atomic E-state index is 11.1. The smallest absolute Gasteiger partial charge is 0.315 e. The first-order valence-corrected chi connectivity index (χ1v) is 4.84. The van der Waals surface area contributed by atoms with Crippen LogP contribution in [-0.2, 0) is 4.79 Å². The second kappa shape index (κ2) is 7.17. The number of hydrogen-bond acceptors (Lipinski definition) is 2. The lowest BCUT2D eigenvalue weighted by atomic mass is 10.2. The maximum Gasteiger partial charge on any atom is 0.315 e. The van der Waals surface area contributed by atoms with Gasteiger partial charge in [0.25, 0.3) is 0 Å². The Balaban J connectivity index is 3.48. The van der Waals surface area contributed by atoms with Gasteiger partial charge in [0.15, 0.2) is 0 Å². The lowest BCUT2D eigenvalue weighted by molar-refractivity contribution is -0.120. The minimum atomic E-state index is -0.313. The average molecular weight is 201 g/mol. The minimum absolute atomic E-state index is 0.0263. The highest BCUT2D eigenvalue weighted by molar-refractivity contribution is 5.83. The van der Waals surface area contributed by atoms with Gasteiger partial charge in [0.1, 0.15) is 0 Å². The van der Waals surface area contributed by atoms with Crippen LogP contribution in [0.4, 0.5) is 4.79 Å². The molecule has 5 heteroatoms. The van der Waals surface area contributed by atoms with Gasteiger partial charge >= 0.3 is 6.03 Å². The van der Waals surface area contributed by atoms with Gasteiger partial charge in [-0.2, -0.15) is 0 Å². The van der Waals surface area contributed by atoms with Crippen molar-refractivity contribution in [1.82, 2.24) is 16.0 Å². The second-order valence-electron chi connectivity index (χ2n) is 3.41. The van der Waals surface area contributed by atoms with Crippen molar-refractivity contribution >= 4 is 11.9 Å². The van der Waals surface area contributed by atoms with Crippen molar-refractivity contribution < 1.29 is 9.59 Å². The van der Waals surface area contributed by atoms with Crippen LogP contribution in [0.5, 0.6) is 0 Å². The fourth-order valence-electron chi connectivity index (χ4n) is 0.764. The molecular formula is C9H19N3O2. The minimum Gasteiger partial charge on any atom is -0.354 e. The summed E-state index contributed by atoms with van der Waals surface area (Å²) in [4.78, 5) is 22.0. The van der Waals surface area contributed by atoms with Gasteiger partial charge in [0.05, 0.1) is 6.54 Å². The molecule has 5 nitrogen and oxygen atoms in total. The Morgan fingerprint density at radius 1 is 1.14 bits per heavy atom. The highest BCUT2D eigenvalue weighted by atomic mass is 16.2. The topological polar surface area (TPSA) is 70.2 Å². The van der Waals surface area contributed by atoms with Gasteiger partial charge in [0, 0.05) is 13.1 Å². The molecule has 0 radical (unpaired) electrons. The summed E-state index contributed by atoms with van der Waals surface area (Å²) < 4.78 is 0. The number of carbonyl (C=O) groups is 2. The molecule has 14 heavy (non-hydrogen) atoms. The molecule has 3 amide bonds. The van der Waals surface area contributed by atoms with Gasteiger partial charge in [0.2, 0.25) is 5.91 Å². The van der Waals surface area contributed by atoms with E-state index in [0.717, 1.165) is 0 Å². The molecule has 0 aromatic carbocycles. The van der Waals surface area contributed by atoms with Crippen LogP contribution in [0.2, 0.25) is 0 Å². The summed E-state index contributed by atoms with van der Waals surface area (Å²) in [6, 6.07) is -0.313. The first-order valence-electron chi connectivity index (χ1n) is 4.84. The first-order chi connectivity index (χ1) is 6.56. The van der Waals surface area contributed by atoms with Crippen molar-refractivity contribution in [2.24, 2.45) is 5.92 Å². The van der Waals surface area contributed by atoms with Crippen molar-refractivity contribution in [2.45, 2.75) is 20.8 Å². The van der Waals surface area contributed by atoms with Crippen LogP contribution in [0.15, 0.2) is 0 Å². The molecule has 0 aromatic rings. The lowest BCUT2D eigenvalue weighted by Crippen LogP contribution is -2.42. The zero-order valence-electron chi connectivity index (χ0n) is 9.02. The van der Waals surface area contributed by atoms with E-state index in [-0.39, 0.29) is 18.5 Å². The Morgan fingerprint density at radius 3 is 2.29 bits per heavy atom. The van der Waals surface area contributed by atoms with Gasteiger partial charge in [-0.25, -0.2) is 4.79 Å². The number of carbonyl (C=O) groups excluding carboxylic acids is 2. The molecule has 0 saturated heterocycles. The standard InChI is InChI=1S/C9H19N3O2/c1-4-10-9(14)12-6-8(13)11-5-7(2)3/h7H,4-6H2,1-3H3,(H,11,13)(H2,10,12,14). The van der Waals surface area contributed by atoms with Crippen LogP contribution in [0.1, 0.15) is 20.8 Å². The predicted molar refractivity (Wildman–Crippen MR) is 54.9 cm³/mol. The van der Waals surface area contributed by atoms with Crippen molar-refractivity contribution in [3.8, 4) is 0 Å². The Labute approximate surface area is 84.6 Å².